The second kappa shape index (κ2) is 7.43. The van der Waals surface area contributed by atoms with Crippen LogP contribution in [0.2, 0.25) is 0 Å². The zero-order valence-electron chi connectivity index (χ0n) is 13.2. The van der Waals surface area contributed by atoms with E-state index in [1.54, 1.807) is 6.07 Å². The smallest absolute Gasteiger partial charge is 0.251 e. The molecule has 1 saturated carbocycles. The molecule has 21 heavy (non-hydrogen) atoms. The van der Waals surface area contributed by atoms with Gasteiger partial charge in [-0.3, -0.25) is 4.79 Å². The number of hydrogen-bond donors (Lipinski definition) is 2. The Hall–Kier alpha value is -1.58. The van der Waals surface area contributed by atoms with Crippen LogP contribution in [0.25, 0.3) is 0 Å². The van der Waals surface area contributed by atoms with E-state index in [9.17, 15) is 4.79 Å². The van der Waals surface area contributed by atoms with Crippen LogP contribution in [-0.2, 0) is 0 Å². The number of nitrogen functional groups attached to an aromatic ring is 1. The molecule has 1 heterocycles. The summed E-state index contributed by atoms with van der Waals surface area (Å²) in [6.07, 6.45) is 8.49. The Morgan fingerprint density at radius 3 is 2.43 bits per heavy atom. The number of anilines is 1. The molecule has 0 bridgehead atoms. The van der Waals surface area contributed by atoms with E-state index in [0.29, 0.717) is 17.4 Å². The molecule has 4 heteroatoms. The number of aromatic nitrogens is 1. The molecule has 0 spiro atoms. The second-order valence-corrected chi connectivity index (χ2v) is 6.38. The van der Waals surface area contributed by atoms with E-state index in [-0.39, 0.29) is 11.8 Å². The summed E-state index contributed by atoms with van der Waals surface area (Å²) in [5.74, 6) is 0.669. The van der Waals surface area contributed by atoms with Crippen LogP contribution in [0, 0.1) is 0 Å². The highest BCUT2D eigenvalue weighted by Gasteiger charge is 2.16. The SMILES string of the molecule is CC(C)c1cc(C(=O)NC2CCCCCCC2)cc(N)n1. The van der Waals surface area contributed by atoms with E-state index in [0.717, 1.165) is 18.5 Å². The van der Waals surface area contributed by atoms with Crippen molar-refractivity contribution < 1.29 is 4.79 Å². The first-order valence-corrected chi connectivity index (χ1v) is 8.14. The molecule has 4 nitrogen and oxygen atoms in total. The lowest BCUT2D eigenvalue weighted by Gasteiger charge is -2.21. The first kappa shape index (κ1) is 15.8. The predicted octanol–water partition coefficient (Wildman–Crippen LogP) is 3.63. The maximum absolute atomic E-state index is 12.4. The Balaban J connectivity index is 2.05. The fourth-order valence-electron chi connectivity index (χ4n) is 2.87. The summed E-state index contributed by atoms with van der Waals surface area (Å²) >= 11 is 0. The zero-order chi connectivity index (χ0) is 15.2. The molecule has 1 aromatic heterocycles. The van der Waals surface area contributed by atoms with E-state index in [2.05, 4.69) is 24.1 Å². The topological polar surface area (TPSA) is 68.0 Å². The molecule has 0 unspecified atom stereocenters. The number of pyridine rings is 1. The van der Waals surface area contributed by atoms with Gasteiger partial charge >= 0.3 is 0 Å². The summed E-state index contributed by atoms with van der Waals surface area (Å²) < 4.78 is 0. The van der Waals surface area contributed by atoms with Gasteiger partial charge < -0.3 is 11.1 Å². The van der Waals surface area contributed by atoms with E-state index < -0.39 is 0 Å². The number of hydrogen-bond acceptors (Lipinski definition) is 3. The summed E-state index contributed by atoms with van der Waals surface area (Å²) in [6, 6.07) is 3.83. The van der Waals surface area contributed by atoms with Crippen molar-refractivity contribution in [3.05, 3.63) is 23.4 Å². The molecule has 0 aliphatic heterocycles. The number of amides is 1. The highest BCUT2D eigenvalue weighted by Crippen LogP contribution is 2.19. The molecule has 2 rings (SSSR count). The third-order valence-electron chi connectivity index (χ3n) is 4.16. The molecule has 0 aromatic carbocycles. The largest absolute Gasteiger partial charge is 0.384 e. The molecular weight excluding hydrogens is 262 g/mol. The highest BCUT2D eigenvalue weighted by atomic mass is 16.1. The maximum atomic E-state index is 12.4. The summed E-state index contributed by atoms with van der Waals surface area (Å²) in [7, 11) is 0. The van der Waals surface area contributed by atoms with Crippen molar-refractivity contribution in [2.24, 2.45) is 0 Å². The number of nitrogens with one attached hydrogen (secondary N) is 1. The van der Waals surface area contributed by atoms with E-state index in [1.807, 2.05) is 6.07 Å². The number of nitrogens with two attached hydrogens (primary N) is 1. The summed E-state index contributed by atoms with van der Waals surface area (Å²) in [5.41, 5.74) is 7.33. The highest BCUT2D eigenvalue weighted by molar-refractivity contribution is 5.95. The zero-order valence-corrected chi connectivity index (χ0v) is 13.2. The van der Waals surface area contributed by atoms with Crippen LogP contribution in [0.15, 0.2) is 12.1 Å². The van der Waals surface area contributed by atoms with Gasteiger partial charge in [0.2, 0.25) is 0 Å². The summed E-state index contributed by atoms with van der Waals surface area (Å²) in [5, 5.41) is 3.17. The van der Waals surface area contributed by atoms with Gasteiger partial charge in [0.25, 0.3) is 5.91 Å². The molecule has 1 aliphatic carbocycles. The average Bonchev–Trinajstić information content (AvgIpc) is 2.40. The third-order valence-corrected chi connectivity index (χ3v) is 4.16. The van der Waals surface area contributed by atoms with Crippen LogP contribution < -0.4 is 11.1 Å². The quantitative estimate of drug-likeness (QED) is 0.892. The Kier molecular flexibility index (Phi) is 5.59. The molecule has 1 amide bonds. The predicted molar refractivity (Wildman–Crippen MR) is 86.3 cm³/mol. The normalized spacial score (nSPS) is 17.3. The second-order valence-electron chi connectivity index (χ2n) is 6.38. The molecular formula is C17H27N3O. The molecule has 1 aromatic rings. The lowest BCUT2D eigenvalue weighted by atomic mass is 9.96. The van der Waals surface area contributed by atoms with Gasteiger partial charge in [-0.15, -0.1) is 0 Å². The minimum absolute atomic E-state index is 0.0171. The van der Waals surface area contributed by atoms with Gasteiger partial charge in [-0.05, 0) is 30.9 Å². The van der Waals surface area contributed by atoms with Gasteiger partial charge in [0.15, 0.2) is 0 Å². The van der Waals surface area contributed by atoms with Crippen molar-refractivity contribution in [2.45, 2.75) is 70.8 Å². The fraction of sp³-hybridized carbons (Fsp3) is 0.647. The molecule has 0 atom stereocenters. The number of rotatable bonds is 3. The first-order chi connectivity index (χ1) is 10.1. The van der Waals surface area contributed by atoms with Crippen LogP contribution in [0.4, 0.5) is 5.82 Å². The Morgan fingerprint density at radius 2 is 1.81 bits per heavy atom. The van der Waals surface area contributed by atoms with E-state index in [1.165, 1.54) is 32.1 Å². The van der Waals surface area contributed by atoms with Gasteiger partial charge in [0.1, 0.15) is 5.82 Å². The van der Waals surface area contributed by atoms with Gasteiger partial charge in [0.05, 0.1) is 0 Å². The van der Waals surface area contributed by atoms with E-state index in [4.69, 9.17) is 5.73 Å². The van der Waals surface area contributed by atoms with Crippen LogP contribution in [0.1, 0.15) is 80.8 Å². The minimum Gasteiger partial charge on any atom is -0.384 e. The van der Waals surface area contributed by atoms with Crippen molar-refractivity contribution in [1.29, 1.82) is 0 Å². The van der Waals surface area contributed by atoms with Crippen molar-refractivity contribution >= 4 is 11.7 Å². The lowest BCUT2D eigenvalue weighted by molar-refractivity contribution is 0.0930. The first-order valence-electron chi connectivity index (χ1n) is 8.14. The number of nitrogens with zero attached hydrogens (tertiary/aromatic N) is 1. The van der Waals surface area contributed by atoms with Crippen LogP contribution in [0.3, 0.4) is 0 Å². The number of carbonyl (C=O) groups excluding carboxylic acids is 1. The standard InChI is InChI=1S/C17H27N3O/c1-12(2)15-10-13(11-16(18)20-15)17(21)19-14-8-6-4-3-5-7-9-14/h10-12,14H,3-9H2,1-2H3,(H2,18,20)(H,19,21). The molecule has 1 fully saturated rings. The molecule has 0 saturated heterocycles. The summed E-state index contributed by atoms with van der Waals surface area (Å²) in [4.78, 5) is 16.7. The van der Waals surface area contributed by atoms with Crippen LogP contribution in [0.5, 0.6) is 0 Å². The molecule has 116 valence electrons. The van der Waals surface area contributed by atoms with Crippen LogP contribution >= 0.6 is 0 Å². The molecule has 0 radical (unpaired) electrons. The lowest BCUT2D eigenvalue weighted by Crippen LogP contribution is -2.35. The van der Waals surface area contributed by atoms with Gasteiger partial charge in [-0.2, -0.15) is 0 Å². The van der Waals surface area contributed by atoms with Gasteiger partial charge in [-0.1, -0.05) is 46.0 Å². The van der Waals surface area contributed by atoms with Gasteiger partial charge in [-0.25, -0.2) is 4.98 Å². The van der Waals surface area contributed by atoms with Crippen LogP contribution in [-0.4, -0.2) is 16.9 Å². The monoisotopic (exact) mass is 289 g/mol. The van der Waals surface area contributed by atoms with Gasteiger partial charge in [0, 0.05) is 17.3 Å². The minimum atomic E-state index is -0.0171. The average molecular weight is 289 g/mol. The van der Waals surface area contributed by atoms with E-state index >= 15 is 0 Å². The van der Waals surface area contributed by atoms with Crippen molar-refractivity contribution in [1.82, 2.24) is 10.3 Å². The Labute approximate surface area is 127 Å². The van der Waals surface area contributed by atoms with Crippen molar-refractivity contribution in [2.75, 3.05) is 5.73 Å². The molecule has 1 aliphatic rings. The Morgan fingerprint density at radius 1 is 1.19 bits per heavy atom. The number of carbonyl (C=O) groups is 1. The maximum Gasteiger partial charge on any atom is 0.251 e. The summed E-state index contributed by atoms with van der Waals surface area (Å²) in [6.45, 7) is 4.11. The fourth-order valence-corrected chi connectivity index (χ4v) is 2.87. The van der Waals surface area contributed by atoms with Crippen molar-refractivity contribution in [3.63, 3.8) is 0 Å². The van der Waals surface area contributed by atoms with Crippen molar-refractivity contribution in [3.8, 4) is 0 Å². The Bertz CT molecular complexity index is 477. The molecule has 3 N–H and O–H groups in total. The third kappa shape index (κ3) is 4.73.